The Labute approximate surface area is 240 Å². The summed E-state index contributed by atoms with van der Waals surface area (Å²) in [6.07, 6.45) is 9.68. The van der Waals surface area contributed by atoms with Gasteiger partial charge in [0.25, 0.3) is 0 Å². The van der Waals surface area contributed by atoms with Crippen LogP contribution in [0.4, 0.5) is 0 Å². The lowest BCUT2D eigenvalue weighted by Gasteiger charge is -2.62. The minimum Gasteiger partial charge on any atom is -0.465 e. The van der Waals surface area contributed by atoms with Crippen LogP contribution in [0.15, 0.2) is 29.2 Å². The first kappa shape index (κ1) is 30.0. The zero-order valence-electron chi connectivity index (χ0n) is 24.4. The molecule has 1 aromatic rings. The van der Waals surface area contributed by atoms with Gasteiger partial charge in [0.05, 0.1) is 23.7 Å². The third kappa shape index (κ3) is 5.50. The van der Waals surface area contributed by atoms with E-state index in [-0.39, 0.29) is 40.5 Å². The number of fused-ring (bicyclic) bond motifs is 5. The average molecular weight is 576 g/mol. The van der Waals surface area contributed by atoms with Crippen molar-refractivity contribution in [3.05, 3.63) is 29.8 Å². The quantitative estimate of drug-likeness (QED) is 0.381. The van der Waals surface area contributed by atoms with Crippen LogP contribution in [0.25, 0.3) is 0 Å². The van der Waals surface area contributed by atoms with E-state index < -0.39 is 10.0 Å². The Balaban J connectivity index is 1.14. The van der Waals surface area contributed by atoms with Crippen LogP contribution < -0.4 is 5.14 Å². The summed E-state index contributed by atoms with van der Waals surface area (Å²) >= 11 is 0. The van der Waals surface area contributed by atoms with E-state index in [0.717, 1.165) is 44.1 Å². The molecule has 10 atom stereocenters. The van der Waals surface area contributed by atoms with Gasteiger partial charge in [-0.05, 0) is 122 Å². The van der Waals surface area contributed by atoms with E-state index >= 15 is 0 Å². The highest BCUT2D eigenvalue weighted by Crippen LogP contribution is 2.68. The van der Waals surface area contributed by atoms with E-state index in [4.69, 9.17) is 9.88 Å². The molecule has 0 bridgehead atoms. The zero-order valence-corrected chi connectivity index (χ0v) is 25.2. The topological polar surface area (TPSA) is 127 Å². The maximum atomic E-state index is 12.6. The maximum Gasteiger partial charge on any atom is 0.305 e. The Hall–Kier alpha value is -1.48. The molecule has 0 spiro atoms. The number of benzene rings is 1. The lowest BCUT2D eigenvalue weighted by molar-refractivity contribution is -0.175. The Bertz CT molecular complexity index is 1170. The fourth-order valence-electron chi connectivity index (χ4n) is 9.91. The van der Waals surface area contributed by atoms with Gasteiger partial charge in [-0.3, -0.25) is 4.79 Å². The van der Waals surface area contributed by atoms with Crippen molar-refractivity contribution in [1.82, 2.24) is 0 Å². The number of hydrogen-bond acceptors (Lipinski definition) is 6. The zero-order chi connectivity index (χ0) is 28.9. The number of aliphatic hydroxyl groups excluding tert-OH is 2. The van der Waals surface area contributed by atoms with E-state index in [1.165, 1.54) is 31.4 Å². The highest BCUT2D eigenvalue weighted by Gasteiger charge is 2.63. The fraction of sp³-hybridized carbons (Fsp3) is 0.781. The van der Waals surface area contributed by atoms with Crippen molar-refractivity contribution >= 4 is 16.0 Å². The molecular formula is C32H49NO6S. The molecule has 7 nitrogen and oxygen atoms in total. The molecule has 5 rings (SSSR count). The summed E-state index contributed by atoms with van der Waals surface area (Å²) in [6.45, 7) is 7.29. The SMILES string of the molecule is C[C@H](CCC(=O)OCCc1ccc(S(N)(=O)=O)cc1)[C@H]1CC[C@H]2[C@@H]3CC[C@@H]4C[C@H](O)CC[C@]4(C)[C@H]3C[C@H](O)[C@]12C. The molecule has 0 radical (unpaired) electrons. The molecule has 0 amide bonds. The van der Waals surface area contributed by atoms with E-state index in [9.17, 15) is 23.4 Å². The van der Waals surface area contributed by atoms with Gasteiger partial charge in [0.2, 0.25) is 10.0 Å². The second-order valence-electron chi connectivity index (χ2n) is 14.1. The van der Waals surface area contributed by atoms with Crippen LogP contribution in [0.1, 0.15) is 90.5 Å². The first-order chi connectivity index (χ1) is 18.8. The number of carbonyl (C=O) groups is 1. The van der Waals surface area contributed by atoms with Gasteiger partial charge in [-0.1, -0.05) is 32.9 Å². The molecule has 8 heteroatoms. The molecule has 40 heavy (non-hydrogen) atoms. The number of primary sulfonamides is 1. The Morgan fingerprint density at radius 1 is 1.05 bits per heavy atom. The van der Waals surface area contributed by atoms with Gasteiger partial charge in [0.1, 0.15) is 0 Å². The third-order valence-electron chi connectivity index (χ3n) is 12.2. The normalized spacial score (nSPS) is 40.0. The van der Waals surface area contributed by atoms with Crippen LogP contribution in [0.2, 0.25) is 0 Å². The van der Waals surface area contributed by atoms with Crippen LogP contribution in [-0.2, 0) is 26.0 Å². The molecular weight excluding hydrogens is 526 g/mol. The average Bonchev–Trinajstić information content (AvgIpc) is 3.27. The highest BCUT2D eigenvalue weighted by atomic mass is 32.2. The van der Waals surface area contributed by atoms with Crippen molar-refractivity contribution in [2.45, 2.75) is 109 Å². The lowest BCUT2D eigenvalue weighted by Crippen LogP contribution is -2.58. The van der Waals surface area contributed by atoms with Crippen LogP contribution in [0.5, 0.6) is 0 Å². The minimum atomic E-state index is -3.72. The predicted octanol–water partition coefficient (Wildman–Crippen LogP) is 4.83. The van der Waals surface area contributed by atoms with Crippen LogP contribution >= 0.6 is 0 Å². The molecule has 0 aromatic heterocycles. The number of ether oxygens (including phenoxy) is 1. The van der Waals surface area contributed by atoms with E-state index in [0.29, 0.717) is 48.3 Å². The molecule has 4 saturated carbocycles. The van der Waals surface area contributed by atoms with Crippen LogP contribution in [0, 0.1) is 46.3 Å². The van der Waals surface area contributed by atoms with E-state index in [1.54, 1.807) is 12.1 Å². The van der Waals surface area contributed by atoms with Crippen molar-refractivity contribution in [2.75, 3.05) is 6.61 Å². The Morgan fingerprint density at radius 2 is 1.77 bits per heavy atom. The van der Waals surface area contributed by atoms with Gasteiger partial charge in [-0.25, -0.2) is 13.6 Å². The summed E-state index contributed by atoms with van der Waals surface area (Å²) in [5.74, 6) is 2.85. The number of esters is 1. The molecule has 4 aliphatic carbocycles. The highest BCUT2D eigenvalue weighted by molar-refractivity contribution is 7.89. The smallest absolute Gasteiger partial charge is 0.305 e. The molecule has 4 aliphatic rings. The number of aliphatic hydroxyl groups is 2. The number of hydrogen-bond donors (Lipinski definition) is 3. The molecule has 4 fully saturated rings. The standard InChI is InChI=1S/C32H49NO6S/c1-20(4-13-30(36)39-17-15-21-5-8-24(9-6-21)40(33,37)38)26-11-12-27-25-10-7-22-18-23(34)14-16-31(22,2)28(25)19-29(35)32(26,27)3/h5-6,8-9,20,22-23,25-29,34-35H,4,7,10-19H2,1-3H3,(H2,33,37,38)/t20-,22-,23-,25+,26-,27+,28+,29+,31+,32-/m1/s1. The summed E-state index contributed by atoms with van der Waals surface area (Å²) in [7, 11) is -3.72. The minimum absolute atomic E-state index is 0.0689. The summed E-state index contributed by atoms with van der Waals surface area (Å²) in [5.41, 5.74) is 1.02. The fourth-order valence-corrected chi connectivity index (χ4v) is 10.4. The van der Waals surface area contributed by atoms with E-state index in [1.807, 2.05) is 0 Å². The number of nitrogens with two attached hydrogens (primary N) is 1. The molecule has 4 N–H and O–H groups in total. The molecule has 0 saturated heterocycles. The first-order valence-electron chi connectivity index (χ1n) is 15.5. The number of sulfonamides is 1. The second kappa shape index (κ2) is 11.3. The first-order valence-corrected chi connectivity index (χ1v) is 17.0. The molecule has 0 aliphatic heterocycles. The van der Waals surface area contributed by atoms with Crippen molar-refractivity contribution < 1.29 is 28.2 Å². The summed E-state index contributed by atoms with van der Waals surface area (Å²) in [6, 6.07) is 6.32. The Morgan fingerprint density at radius 3 is 2.48 bits per heavy atom. The van der Waals surface area contributed by atoms with Gasteiger partial charge in [0.15, 0.2) is 0 Å². The van der Waals surface area contributed by atoms with Gasteiger partial charge in [0, 0.05) is 12.8 Å². The monoisotopic (exact) mass is 575 g/mol. The second-order valence-corrected chi connectivity index (χ2v) is 15.6. The molecule has 224 valence electrons. The largest absolute Gasteiger partial charge is 0.465 e. The Kier molecular flexibility index (Phi) is 8.48. The van der Waals surface area contributed by atoms with Crippen molar-refractivity contribution in [1.29, 1.82) is 0 Å². The van der Waals surface area contributed by atoms with Crippen LogP contribution in [0.3, 0.4) is 0 Å². The molecule has 0 heterocycles. The predicted molar refractivity (Wildman–Crippen MR) is 153 cm³/mol. The third-order valence-corrected chi connectivity index (χ3v) is 13.1. The molecule has 1 aromatic carbocycles. The number of carbonyl (C=O) groups excluding carboxylic acids is 1. The van der Waals surface area contributed by atoms with Crippen LogP contribution in [-0.4, -0.2) is 43.4 Å². The maximum absolute atomic E-state index is 12.6. The van der Waals surface area contributed by atoms with Gasteiger partial charge in [-0.15, -0.1) is 0 Å². The summed E-state index contributed by atoms with van der Waals surface area (Å²) in [4.78, 5) is 12.6. The lowest BCUT2D eigenvalue weighted by atomic mass is 9.43. The van der Waals surface area contributed by atoms with Gasteiger partial charge < -0.3 is 14.9 Å². The van der Waals surface area contributed by atoms with Gasteiger partial charge >= 0.3 is 5.97 Å². The number of rotatable bonds is 8. The summed E-state index contributed by atoms with van der Waals surface area (Å²) < 4.78 is 28.3. The van der Waals surface area contributed by atoms with Gasteiger partial charge in [-0.2, -0.15) is 0 Å². The van der Waals surface area contributed by atoms with Crippen molar-refractivity contribution in [3.63, 3.8) is 0 Å². The van der Waals surface area contributed by atoms with E-state index in [2.05, 4.69) is 20.8 Å². The summed E-state index contributed by atoms with van der Waals surface area (Å²) in [5, 5.41) is 27.2. The molecule has 0 unspecified atom stereocenters. The van der Waals surface area contributed by atoms with Crippen molar-refractivity contribution in [3.8, 4) is 0 Å². The van der Waals surface area contributed by atoms with Crippen molar-refractivity contribution in [2.24, 2.45) is 51.5 Å².